The Hall–Kier alpha value is -3.25. The van der Waals surface area contributed by atoms with Crippen LogP contribution in [0.15, 0.2) is 60.7 Å². The predicted molar refractivity (Wildman–Crippen MR) is 120 cm³/mol. The molecule has 0 radical (unpaired) electrons. The molecule has 0 fully saturated rings. The van der Waals surface area contributed by atoms with Gasteiger partial charge in [-0.3, -0.25) is 0 Å². The number of rotatable bonds is 8. The number of amides is 2. The number of fused-ring (bicyclic) bond motifs is 1. The van der Waals surface area contributed by atoms with E-state index in [9.17, 15) is 4.79 Å². The van der Waals surface area contributed by atoms with Crippen molar-refractivity contribution in [1.29, 1.82) is 0 Å². The molecule has 0 bridgehead atoms. The first-order chi connectivity index (χ1) is 14.5. The first kappa shape index (κ1) is 21.5. The maximum atomic E-state index is 12.4. The number of likely N-dealkylation sites (N-methyl/N-ethyl adjacent to an activating group) is 1. The van der Waals surface area contributed by atoms with Crippen molar-refractivity contribution >= 4 is 16.8 Å². The summed E-state index contributed by atoms with van der Waals surface area (Å²) in [6.45, 7) is 0.948. The highest BCUT2D eigenvalue weighted by Gasteiger charge is 2.16. The van der Waals surface area contributed by atoms with Crippen molar-refractivity contribution in [2.45, 2.75) is 12.6 Å². The molecule has 1 atom stereocenters. The zero-order valence-corrected chi connectivity index (χ0v) is 17.9. The van der Waals surface area contributed by atoms with Gasteiger partial charge in [0, 0.05) is 13.1 Å². The van der Waals surface area contributed by atoms with Crippen LogP contribution >= 0.6 is 0 Å². The van der Waals surface area contributed by atoms with E-state index in [1.807, 2.05) is 68.7 Å². The van der Waals surface area contributed by atoms with Crippen LogP contribution in [-0.4, -0.2) is 45.8 Å². The highest BCUT2D eigenvalue weighted by molar-refractivity contribution is 5.84. The molecule has 0 aliphatic heterocycles. The number of carbonyl (C=O) groups excluding carboxylic acids is 1. The molecule has 0 aromatic heterocycles. The summed E-state index contributed by atoms with van der Waals surface area (Å²) in [4.78, 5) is 14.4. The molecule has 0 spiro atoms. The van der Waals surface area contributed by atoms with Crippen molar-refractivity contribution in [3.05, 3.63) is 71.8 Å². The Morgan fingerprint density at radius 2 is 1.60 bits per heavy atom. The standard InChI is InChI=1S/C24H29N3O3/c1-27(2)23(20-6-5-7-21(14-20)29-3)16-26-24(28)25-15-17-8-9-19-13-22(30-4)11-10-18(19)12-17/h5-14,23H,15-16H2,1-4H3,(H2,25,26,28). The minimum absolute atomic E-state index is 0.0431. The van der Waals surface area contributed by atoms with Crippen LogP contribution in [0, 0.1) is 0 Å². The fourth-order valence-corrected chi connectivity index (χ4v) is 3.39. The van der Waals surface area contributed by atoms with Gasteiger partial charge in [-0.05, 0) is 66.3 Å². The van der Waals surface area contributed by atoms with Crippen molar-refractivity contribution in [2.75, 3.05) is 34.9 Å². The average Bonchev–Trinajstić information content (AvgIpc) is 2.77. The quantitative estimate of drug-likeness (QED) is 0.593. The SMILES string of the molecule is COc1cccc(C(CNC(=O)NCc2ccc3cc(OC)ccc3c2)N(C)C)c1. The molecule has 3 rings (SSSR count). The lowest BCUT2D eigenvalue weighted by molar-refractivity contribution is 0.232. The Morgan fingerprint density at radius 3 is 2.33 bits per heavy atom. The molecule has 0 saturated carbocycles. The first-order valence-corrected chi connectivity index (χ1v) is 9.89. The number of nitrogens with one attached hydrogen (secondary N) is 2. The predicted octanol–water partition coefficient (Wildman–Crippen LogP) is 3.96. The summed E-state index contributed by atoms with van der Waals surface area (Å²) in [6, 6.07) is 19.8. The van der Waals surface area contributed by atoms with Gasteiger partial charge < -0.3 is 25.0 Å². The summed E-state index contributed by atoms with van der Waals surface area (Å²) >= 11 is 0. The summed E-state index contributed by atoms with van der Waals surface area (Å²) in [7, 11) is 7.30. The second-order valence-electron chi connectivity index (χ2n) is 7.37. The number of benzene rings is 3. The Bertz CT molecular complexity index is 1000. The van der Waals surface area contributed by atoms with E-state index in [1.54, 1.807) is 14.2 Å². The molecular weight excluding hydrogens is 378 g/mol. The van der Waals surface area contributed by atoms with Crippen LogP contribution < -0.4 is 20.1 Å². The number of hydrogen-bond donors (Lipinski definition) is 2. The topological polar surface area (TPSA) is 62.8 Å². The smallest absolute Gasteiger partial charge is 0.315 e. The van der Waals surface area contributed by atoms with Crippen molar-refractivity contribution < 1.29 is 14.3 Å². The van der Waals surface area contributed by atoms with Gasteiger partial charge in [0.2, 0.25) is 0 Å². The van der Waals surface area contributed by atoms with Crippen molar-refractivity contribution in [3.8, 4) is 11.5 Å². The molecule has 0 saturated heterocycles. The molecule has 158 valence electrons. The van der Waals surface area contributed by atoms with Crippen LogP contribution in [0.25, 0.3) is 10.8 Å². The van der Waals surface area contributed by atoms with E-state index in [1.165, 1.54) is 0 Å². The molecule has 6 heteroatoms. The van der Waals surface area contributed by atoms with Gasteiger partial charge >= 0.3 is 6.03 Å². The highest BCUT2D eigenvalue weighted by Crippen LogP contribution is 2.23. The van der Waals surface area contributed by atoms with Gasteiger partial charge in [-0.2, -0.15) is 0 Å². The van der Waals surface area contributed by atoms with Crippen molar-refractivity contribution in [1.82, 2.24) is 15.5 Å². The molecular formula is C24H29N3O3. The fourth-order valence-electron chi connectivity index (χ4n) is 3.39. The third-order valence-corrected chi connectivity index (χ3v) is 5.12. The number of hydrogen-bond acceptors (Lipinski definition) is 4. The zero-order chi connectivity index (χ0) is 21.5. The van der Waals surface area contributed by atoms with Crippen LogP contribution in [0.4, 0.5) is 4.79 Å². The number of urea groups is 1. The Morgan fingerprint density at radius 1 is 0.900 bits per heavy atom. The lowest BCUT2D eigenvalue weighted by Crippen LogP contribution is -2.40. The molecule has 2 amide bonds. The third kappa shape index (κ3) is 5.42. The minimum atomic E-state index is -0.195. The molecule has 2 N–H and O–H groups in total. The van der Waals surface area contributed by atoms with Gasteiger partial charge in [0.15, 0.2) is 0 Å². The van der Waals surface area contributed by atoms with E-state index in [-0.39, 0.29) is 12.1 Å². The normalized spacial score (nSPS) is 11.9. The Labute approximate surface area is 177 Å². The molecule has 3 aromatic rings. The maximum Gasteiger partial charge on any atom is 0.315 e. The fraction of sp³-hybridized carbons (Fsp3) is 0.292. The summed E-state index contributed by atoms with van der Waals surface area (Å²) in [5.41, 5.74) is 2.13. The number of methoxy groups -OCH3 is 2. The van der Waals surface area contributed by atoms with Gasteiger partial charge in [-0.25, -0.2) is 4.79 Å². The summed E-state index contributed by atoms with van der Waals surface area (Å²) in [6.07, 6.45) is 0. The van der Waals surface area contributed by atoms with Gasteiger partial charge in [0.25, 0.3) is 0 Å². The highest BCUT2D eigenvalue weighted by atomic mass is 16.5. The Kier molecular flexibility index (Phi) is 7.14. The summed E-state index contributed by atoms with van der Waals surface area (Å²) in [5, 5.41) is 8.13. The van der Waals surface area contributed by atoms with E-state index in [4.69, 9.17) is 9.47 Å². The van der Waals surface area contributed by atoms with Crippen LogP contribution in [0.1, 0.15) is 17.2 Å². The molecule has 0 aliphatic carbocycles. The molecule has 1 unspecified atom stereocenters. The number of carbonyl (C=O) groups is 1. The number of nitrogens with zero attached hydrogens (tertiary/aromatic N) is 1. The van der Waals surface area contributed by atoms with Crippen LogP contribution in [0.5, 0.6) is 11.5 Å². The van der Waals surface area contributed by atoms with Gasteiger partial charge in [-0.1, -0.05) is 30.3 Å². The largest absolute Gasteiger partial charge is 0.497 e. The van der Waals surface area contributed by atoms with Gasteiger partial charge in [0.1, 0.15) is 11.5 Å². The lowest BCUT2D eigenvalue weighted by Gasteiger charge is -2.25. The van der Waals surface area contributed by atoms with Crippen molar-refractivity contribution in [3.63, 3.8) is 0 Å². The molecule has 6 nitrogen and oxygen atoms in total. The van der Waals surface area contributed by atoms with Gasteiger partial charge in [0.05, 0.1) is 20.3 Å². The lowest BCUT2D eigenvalue weighted by atomic mass is 10.1. The van der Waals surface area contributed by atoms with E-state index in [2.05, 4.69) is 21.6 Å². The first-order valence-electron chi connectivity index (χ1n) is 9.89. The van der Waals surface area contributed by atoms with Gasteiger partial charge in [-0.15, -0.1) is 0 Å². The molecule has 0 aliphatic rings. The maximum absolute atomic E-state index is 12.4. The number of ether oxygens (including phenoxy) is 2. The van der Waals surface area contributed by atoms with Crippen molar-refractivity contribution in [2.24, 2.45) is 0 Å². The van der Waals surface area contributed by atoms with Crippen LogP contribution in [0.2, 0.25) is 0 Å². The molecule has 30 heavy (non-hydrogen) atoms. The average molecular weight is 408 g/mol. The summed E-state index contributed by atoms with van der Waals surface area (Å²) in [5.74, 6) is 1.64. The molecule has 0 heterocycles. The molecule has 3 aromatic carbocycles. The van der Waals surface area contributed by atoms with E-state index < -0.39 is 0 Å². The monoisotopic (exact) mass is 407 g/mol. The van der Waals surface area contributed by atoms with Crippen LogP contribution in [-0.2, 0) is 6.54 Å². The van der Waals surface area contributed by atoms with Crippen LogP contribution in [0.3, 0.4) is 0 Å². The summed E-state index contributed by atoms with van der Waals surface area (Å²) < 4.78 is 10.6. The second kappa shape index (κ2) is 9.98. The second-order valence-corrected chi connectivity index (χ2v) is 7.37. The van der Waals surface area contributed by atoms with E-state index >= 15 is 0 Å². The van der Waals surface area contributed by atoms with E-state index in [0.717, 1.165) is 33.4 Å². The third-order valence-electron chi connectivity index (χ3n) is 5.12. The van der Waals surface area contributed by atoms with E-state index in [0.29, 0.717) is 13.1 Å². The zero-order valence-electron chi connectivity index (χ0n) is 17.9. The minimum Gasteiger partial charge on any atom is -0.497 e. The Balaban J connectivity index is 1.57.